The molecule has 24 heavy (non-hydrogen) atoms. The number of morpholine rings is 1. The van der Waals surface area contributed by atoms with Crippen molar-refractivity contribution in [1.29, 1.82) is 0 Å². The molecule has 1 aliphatic rings. The summed E-state index contributed by atoms with van der Waals surface area (Å²) in [6.45, 7) is 1.66. The van der Waals surface area contributed by atoms with Crippen LogP contribution in [-0.4, -0.2) is 55.1 Å². The molecule has 0 unspecified atom stereocenters. The van der Waals surface area contributed by atoms with Crippen LogP contribution < -0.4 is 4.72 Å². The van der Waals surface area contributed by atoms with E-state index in [4.69, 9.17) is 16.3 Å². The summed E-state index contributed by atoms with van der Waals surface area (Å²) >= 11 is 6.94. The predicted molar refractivity (Wildman–Crippen MR) is 88.9 cm³/mol. The van der Waals surface area contributed by atoms with Gasteiger partial charge in [0.05, 0.1) is 24.2 Å². The number of carbonyl (C=O) groups excluding carboxylic acids is 1. The molecule has 2 aromatic rings. The molecule has 1 N–H and O–H groups in total. The van der Waals surface area contributed by atoms with Gasteiger partial charge in [-0.3, -0.25) is 9.52 Å². The fourth-order valence-electron chi connectivity index (χ4n) is 2.23. The molecule has 128 valence electrons. The van der Waals surface area contributed by atoms with Crippen molar-refractivity contribution in [2.24, 2.45) is 0 Å². The van der Waals surface area contributed by atoms with E-state index in [1.807, 2.05) is 0 Å². The fourth-order valence-corrected chi connectivity index (χ4v) is 4.15. The molecule has 0 bridgehead atoms. The van der Waals surface area contributed by atoms with Crippen molar-refractivity contribution >= 4 is 44.9 Å². The normalized spacial score (nSPS) is 15.3. The van der Waals surface area contributed by atoms with Crippen LogP contribution in [0.2, 0.25) is 5.02 Å². The lowest BCUT2D eigenvalue weighted by molar-refractivity contribution is 0.0300. The molecule has 1 saturated heterocycles. The van der Waals surface area contributed by atoms with E-state index in [0.29, 0.717) is 26.3 Å². The van der Waals surface area contributed by atoms with Gasteiger partial charge in [-0.1, -0.05) is 16.1 Å². The summed E-state index contributed by atoms with van der Waals surface area (Å²) in [6.07, 6.45) is 0. The van der Waals surface area contributed by atoms with Gasteiger partial charge < -0.3 is 9.64 Å². The van der Waals surface area contributed by atoms with Gasteiger partial charge in [0.1, 0.15) is 4.90 Å². The molecule has 0 saturated carbocycles. The Morgan fingerprint density at radius 2 is 2.08 bits per heavy atom. The maximum Gasteiger partial charge on any atom is 0.263 e. The summed E-state index contributed by atoms with van der Waals surface area (Å²) in [5.41, 5.74) is 0.0528. The van der Waals surface area contributed by atoms with Crippen LogP contribution in [0.1, 0.15) is 10.4 Å². The Bertz CT molecular complexity index is 836. The second kappa shape index (κ2) is 7.01. The second-order valence-electron chi connectivity index (χ2n) is 4.94. The van der Waals surface area contributed by atoms with Gasteiger partial charge in [-0.15, -0.1) is 5.10 Å². The minimum atomic E-state index is -4.03. The first-order chi connectivity index (χ1) is 11.5. The van der Waals surface area contributed by atoms with Crippen LogP contribution >= 0.6 is 23.1 Å². The number of carbonyl (C=O) groups is 1. The molecule has 1 amide bonds. The highest BCUT2D eigenvalue weighted by atomic mass is 35.5. The third-order valence-electron chi connectivity index (χ3n) is 3.36. The average Bonchev–Trinajstić information content (AvgIpc) is 3.07. The summed E-state index contributed by atoms with van der Waals surface area (Å²) in [5, 5.41) is 5.31. The van der Waals surface area contributed by atoms with Gasteiger partial charge >= 0.3 is 0 Å². The molecular weight excluding hydrogens is 376 g/mol. The van der Waals surface area contributed by atoms with E-state index < -0.39 is 10.0 Å². The Labute approximate surface area is 147 Å². The fraction of sp³-hybridized carbons (Fsp3) is 0.308. The number of hydrogen-bond acceptors (Lipinski definition) is 7. The topological polar surface area (TPSA) is 101 Å². The molecular formula is C13H13ClN4O4S2. The molecule has 1 aromatic carbocycles. The van der Waals surface area contributed by atoms with Crippen LogP contribution in [0.5, 0.6) is 0 Å². The first kappa shape index (κ1) is 17.1. The third-order valence-corrected chi connectivity index (χ3v) is 5.50. The highest BCUT2D eigenvalue weighted by Crippen LogP contribution is 2.24. The van der Waals surface area contributed by atoms with Gasteiger partial charge in [0, 0.05) is 18.1 Å². The monoisotopic (exact) mass is 388 g/mol. The first-order valence-electron chi connectivity index (χ1n) is 6.94. The highest BCUT2D eigenvalue weighted by Gasteiger charge is 2.27. The maximum absolute atomic E-state index is 12.7. The number of hydrogen-bond donors (Lipinski definition) is 1. The zero-order valence-electron chi connectivity index (χ0n) is 12.3. The molecule has 2 heterocycles. The lowest BCUT2D eigenvalue weighted by atomic mass is 10.2. The number of aromatic nitrogens is 2. The Morgan fingerprint density at radius 3 is 2.75 bits per heavy atom. The number of sulfonamides is 1. The van der Waals surface area contributed by atoms with Crippen LogP contribution in [0.25, 0.3) is 0 Å². The van der Waals surface area contributed by atoms with Crippen molar-refractivity contribution in [3.8, 4) is 0 Å². The van der Waals surface area contributed by atoms with Crippen molar-refractivity contribution < 1.29 is 17.9 Å². The summed E-state index contributed by atoms with van der Waals surface area (Å²) < 4.78 is 36.4. The molecule has 0 aliphatic carbocycles. The number of amides is 1. The van der Waals surface area contributed by atoms with E-state index >= 15 is 0 Å². The maximum atomic E-state index is 12.7. The van der Waals surface area contributed by atoms with Crippen molar-refractivity contribution in [3.05, 3.63) is 34.2 Å². The van der Waals surface area contributed by atoms with Crippen molar-refractivity contribution in [2.75, 3.05) is 31.0 Å². The van der Waals surface area contributed by atoms with Gasteiger partial charge in [0.2, 0.25) is 0 Å². The average molecular weight is 389 g/mol. The Hall–Kier alpha value is -1.75. The molecule has 11 heteroatoms. The summed E-state index contributed by atoms with van der Waals surface area (Å²) in [6, 6.07) is 4.14. The zero-order valence-corrected chi connectivity index (χ0v) is 14.7. The largest absolute Gasteiger partial charge is 0.378 e. The Balaban J connectivity index is 1.97. The Kier molecular flexibility index (Phi) is 4.99. The molecule has 0 spiro atoms. The van der Waals surface area contributed by atoms with Gasteiger partial charge in [-0.2, -0.15) is 0 Å². The van der Waals surface area contributed by atoms with E-state index in [9.17, 15) is 13.2 Å². The van der Waals surface area contributed by atoms with E-state index in [-0.39, 0.29) is 27.2 Å². The summed E-state index contributed by atoms with van der Waals surface area (Å²) in [5.74, 6) is -0.295. The second-order valence-corrected chi connectivity index (χ2v) is 7.64. The van der Waals surface area contributed by atoms with Crippen LogP contribution in [0.15, 0.2) is 28.5 Å². The zero-order chi connectivity index (χ0) is 17.2. The molecule has 0 atom stereocenters. The number of rotatable bonds is 4. The SMILES string of the molecule is O=C(c1ccc(Cl)cc1S(=O)(=O)Nc1csnn1)N1CCOCC1. The number of halogens is 1. The van der Waals surface area contributed by atoms with E-state index in [1.54, 1.807) is 4.90 Å². The minimum absolute atomic E-state index is 0.0528. The van der Waals surface area contributed by atoms with Crippen molar-refractivity contribution in [1.82, 2.24) is 14.5 Å². The number of benzene rings is 1. The third kappa shape index (κ3) is 3.66. The molecule has 1 fully saturated rings. The highest BCUT2D eigenvalue weighted by molar-refractivity contribution is 7.92. The van der Waals surface area contributed by atoms with E-state index in [1.165, 1.54) is 23.6 Å². The quantitative estimate of drug-likeness (QED) is 0.850. The van der Waals surface area contributed by atoms with Crippen LogP contribution in [0.4, 0.5) is 5.82 Å². The minimum Gasteiger partial charge on any atom is -0.378 e. The number of ether oxygens (including phenoxy) is 1. The summed E-state index contributed by atoms with van der Waals surface area (Å²) in [4.78, 5) is 14.0. The van der Waals surface area contributed by atoms with Gasteiger partial charge in [-0.05, 0) is 29.7 Å². The van der Waals surface area contributed by atoms with Crippen molar-refractivity contribution in [2.45, 2.75) is 4.90 Å². The van der Waals surface area contributed by atoms with E-state index in [2.05, 4.69) is 14.3 Å². The van der Waals surface area contributed by atoms with Crippen LogP contribution in [0, 0.1) is 0 Å². The molecule has 1 aromatic heterocycles. The Morgan fingerprint density at radius 1 is 1.33 bits per heavy atom. The lowest BCUT2D eigenvalue weighted by Crippen LogP contribution is -2.41. The van der Waals surface area contributed by atoms with Gasteiger partial charge in [0.15, 0.2) is 5.82 Å². The lowest BCUT2D eigenvalue weighted by Gasteiger charge is -2.27. The van der Waals surface area contributed by atoms with Crippen LogP contribution in [-0.2, 0) is 14.8 Å². The predicted octanol–water partition coefficient (Wildman–Crippen LogP) is 1.46. The van der Waals surface area contributed by atoms with Crippen molar-refractivity contribution in [3.63, 3.8) is 0 Å². The molecule has 8 nitrogen and oxygen atoms in total. The van der Waals surface area contributed by atoms with E-state index in [0.717, 1.165) is 11.5 Å². The number of nitrogens with one attached hydrogen (secondary N) is 1. The molecule has 3 rings (SSSR count). The van der Waals surface area contributed by atoms with Gasteiger partial charge in [-0.25, -0.2) is 8.42 Å². The number of anilines is 1. The molecule has 0 radical (unpaired) electrons. The smallest absolute Gasteiger partial charge is 0.263 e. The van der Waals surface area contributed by atoms with Gasteiger partial charge in [0.25, 0.3) is 15.9 Å². The number of nitrogens with zero attached hydrogens (tertiary/aromatic N) is 3. The first-order valence-corrected chi connectivity index (χ1v) is 9.63. The summed E-state index contributed by atoms with van der Waals surface area (Å²) in [7, 11) is -4.03. The molecule has 1 aliphatic heterocycles. The standard InChI is InChI=1S/C13H13ClN4O4S2/c14-9-1-2-10(13(19)18-3-5-22-6-4-18)11(7-9)24(20,21)16-12-8-23-17-15-12/h1-2,7-8,16H,3-6H2. The van der Waals surface area contributed by atoms with Crippen LogP contribution in [0.3, 0.4) is 0 Å².